The van der Waals surface area contributed by atoms with E-state index in [9.17, 15) is 4.79 Å². The summed E-state index contributed by atoms with van der Waals surface area (Å²) in [5, 5.41) is 0. The van der Waals surface area contributed by atoms with Crippen LogP contribution in [0.2, 0.25) is 0 Å². The second kappa shape index (κ2) is 6.62. The Morgan fingerprint density at radius 3 is 2.90 bits per heavy atom. The Kier molecular flexibility index (Phi) is 6.29. The van der Waals surface area contributed by atoms with E-state index in [-0.39, 0.29) is 0 Å². The number of allylic oxidation sites excluding steroid dienone is 1. The summed E-state index contributed by atoms with van der Waals surface area (Å²) in [4.78, 5) is 9.97. The zero-order chi connectivity index (χ0) is 7.82. The van der Waals surface area contributed by atoms with Crippen molar-refractivity contribution in [3.8, 4) is 0 Å². The van der Waals surface area contributed by atoms with Crippen LogP contribution < -0.4 is 0 Å². The molecular weight excluding hydrogens is 152 g/mol. The van der Waals surface area contributed by atoms with E-state index in [1.54, 1.807) is 6.08 Å². The Bertz CT molecular complexity index is 121. The molecular formula is C7H11ClO2. The second-order valence-electron chi connectivity index (χ2n) is 1.87. The van der Waals surface area contributed by atoms with Crippen molar-refractivity contribution in [2.24, 2.45) is 0 Å². The summed E-state index contributed by atoms with van der Waals surface area (Å²) < 4.78 is 4.33. The number of carbonyl (C=O) groups excluding carboxylic acids is 1. The molecule has 0 aromatic heterocycles. The van der Waals surface area contributed by atoms with Gasteiger partial charge in [0.25, 0.3) is 0 Å². The Labute approximate surface area is 65.8 Å². The first-order valence-electron chi connectivity index (χ1n) is 3.28. The number of unbranched alkanes of at least 4 members (excludes halogenated alkanes) is 2. The van der Waals surface area contributed by atoms with Gasteiger partial charge in [-0.3, -0.25) is 0 Å². The third-order valence-corrected chi connectivity index (χ3v) is 1.07. The van der Waals surface area contributed by atoms with E-state index in [1.807, 2.05) is 0 Å². The average Bonchev–Trinajstić information content (AvgIpc) is 1.87. The number of rotatable bonds is 4. The number of hydrogen-bond acceptors (Lipinski definition) is 2. The zero-order valence-corrected chi connectivity index (χ0v) is 6.73. The van der Waals surface area contributed by atoms with E-state index < -0.39 is 5.43 Å². The normalized spacial score (nSPS) is 10.2. The Balaban J connectivity index is 3.12. The van der Waals surface area contributed by atoms with Gasteiger partial charge >= 0.3 is 5.43 Å². The number of ether oxygens (including phenoxy) is 1. The summed E-state index contributed by atoms with van der Waals surface area (Å²) in [6.45, 7) is 2.10. The van der Waals surface area contributed by atoms with Gasteiger partial charge in [0.1, 0.15) is 0 Å². The zero-order valence-electron chi connectivity index (χ0n) is 5.97. The molecule has 0 aliphatic carbocycles. The van der Waals surface area contributed by atoms with Gasteiger partial charge in [0.2, 0.25) is 0 Å². The highest BCUT2D eigenvalue weighted by molar-refractivity contribution is 6.61. The van der Waals surface area contributed by atoms with Crippen molar-refractivity contribution in [1.82, 2.24) is 0 Å². The van der Waals surface area contributed by atoms with Crippen LogP contribution in [0, 0.1) is 0 Å². The summed E-state index contributed by atoms with van der Waals surface area (Å²) in [6.07, 6.45) is 6.28. The predicted octanol–water partition coefficient (Wildman–Crippen LogP) is 3.07. The summed E-state index contributed by atoms with van der Waals surface area (Å²) in [7, 11) is 0. The van der Waals surface area contributed by atoms with Crippen LogP contribution >= 0.6 is 11.6 Å². The fourth-order valence-corrected chi connectivity index (χ4v) is 0.543. The quantitative estimate of drug-likeness (QED) is 0.361. The lowest BCUT2D eigenvalue weighted by atomic mass is 10.2. The molecule has 0 aromatic carbocycles. The maximum atomic E-state index is 9.97. The lowest BCUT2D eigenvalue weighted by Gasteiger charge is -1.88. The van der Waals surface area contributed by atoms with Crippen LogP contribution in [0.25, 0.3) is 0 Å². The van der Waals surface area contributed by atoms with Gasteiger partial charge in [0.15, 0.2) is 0 Å². The fraction of sp³-hybridized carbons (Fsp3) is 0.571. The van der Waals surface area contributed by atoms with Crippen molar-refractivity contribution in [3.05, 3.63) is 12.3 Å². The van der Waals surface area contributed by atoms with Crippen LogP contribution in [-0.4, -0.2) is 5.43 Å². The monoisotopic (exact) mass is 162 g/mol. The molecule has 2 nitrogen and oxygen atoms in total. The van der Waals surface area contributed by atoms with E-state index in [0.29, 0.717) is 0 Å². The van der Waals surface area contributed by atoms with Gasteiger partial charge in [0, 0.05) is 11.6 Å². The molecule has 0 saturated carbocycles. The van der Waals surface area contributed by atoms with Crippen molar-refractivity contribution < 1.29 is 9.53 Å². The first kappa shape index (κ1) is 9.50. The summed E-state index contributed by atoms with van der Waals surface area (Å²) in [5.41, 5.74) is -0.784. The largest absolute Gasteiger partial charge is 0.423 e. The Morgan fingerprint density at radius 2 is 2.40 bits per heavy atom. The molecule has 0 bridgehead atoms. The first-order valence-corrected chi connectivity index (χ1v) is 3.66. The molecule has 0 fully saturated rings. The van der Waals surface area contributed by atoms with Gasteiger partial charge in [-0.15, -0.1) is 0 Å². The molecule has 0 rings (SSSR count). The maximum Gasteiger partial charge on any atom is 0.408 e. The van der Waals surface area contributed by atoms with E-state index in [1.165, 1.54) is 6.26 Å². The van der Waals surface area contributed by atoms with Gasteiger partial charge in [-0.1, -0.05) is 13.3 Å². The van der Waals surface area contributed by atoms with Gasteiger partial charge in [-0.25, -0.2) is 4.79 Å². The van der Waals surface area contributed by atoms with Crippen molar-refractivity contribution in [2.45, 2.75) is 26.2 Å². The minimum absolute atomic E-state index is 0.784. The van der Waals surface area contributed by atoms with Crippen molar-refractivity contribution >= 4 is 17.0 Å². The summed E-state index contributed by atoms with van der Waals surface area (Å²) in [5.74, 6) is 0. The van der Waals surface area contributed by atoms with Gasteiger partial charge in [-0.05, 0) is 18.9 Å². The topological polar surface area (TPSA) is 26.3 Å². The summed E-state index contributed by atoms with van der Waals surface area (Å²) in [6, 6.07) is 0. The molecule has 0 saturated heterocycles. The standard InChI is InChI=1S/C7H11ClO2/c1-2-3-4-5-6-10-7(8)9/h5-6H,2-4H2,1H3/b6-5+. The van der Waals surface area contributed by atoms with Crippen LogP contribution in [0.4, 0.5) is 4.79 Å². The second-order valence-corrected chi connectivity index (χ2v) is 2.18. The van der Waals surface area contributed by atoms with E-state index >= 15 is 0 Å². The average molecular weight is 163 g/mol. The molecule has 0 N–H and O–H groups in total. The molecule has 0 spiro atoms. The molecule has 0 aliphatic rings. The van der Waals surface area contributed by atoms with Gasteiger partial charge in [-0.2, -0.15) is 0 Å². The SMILES string of the molecule is CCCC/C=C/OC(=O)Cl. The van der Waals surface area contributed by atoms with E-state index in [2.05, 4.69) is 11.7 Å². The van der Waals surface area contributed by atoms with Crippen LogP contribution in [0.5, 0.6) is 0 Å². The van der Waals surface area contributed by atoms with Gasteiger partial charge in [0.05, 0.1) is 6.26 Å². The number of halogens is 1. The van der Waals surface area contributed by atoms with Crippen LogP contribution in [0.1, 0.15) is 26.2 Å². The van der Waals surface area contributed by atoms with Crippen LogP contribution in [0.3, 0.4) is 0 Å². The molecule has 0 aliphatic heterocycles. The molecule has 3 heteroatoms. The number of carbonyl (C=O) groups is 1. The van der Waals surface area contributed by atoms with Crippen LogP contribution in [-0.2, 0) is 4.74 Å². The van der Waals surface area contributed by atoms with Crippen molar-refractivity contribution in [3.63, 3.8) is 0 Å². The lowest BCUT2D eigenvalue weighted by molar-refractivity contribution is 0.212. The van der Waals surface area contributed by atoms with E-state index in [0.717, 1.165) is 19.3 Å². The maximum absolute atomic E-state index is 9.97. The Hall–Kier alpha value is -0.500. The highest BCUT2D eigenvalue weighted by atomic mass is 35.5. The highest BCUT2D eigenvalue weighted by Gasteiger charge is 1.87. The molecule has 0 atom stereocenters. The molecule has 0 radical (unpaired) electrons. The molecule has 0 unspecified atom stereocenters. The van der Waals surface area contributed by atoms with Crippen LogP contribution in [0.15, 0.2) is 12.3 Å². The Morgan fingerprint density at radius 1 is 1.70 bits per heavy atom. The molecule has 0 heterocycles. The molecule has 10 heavy (non-hydrogen) atoms. The minimum atomic E-state index is -0.784. The molecule has 58 valence electrons. The molecule has 0 aromatic rings. The van der Waals surface area contributed by atoms with Crippen molar-refractivity contribution in [2.75, 3.05) is 0 Å². The number of hydrogen-bond donors (Lipinski definition) is 0. The molecule has 0 amide bonds. The minimum Gasteiger partial charge on any atom is -0.423 e. The van der Waals surface area contributed by atoms with Crippen molar-refractivity contribution in [1.29, 1.82) is 0 Å². The van der Waals surface area contributed by atoms with Gasteiger partial charge < -0.3 is 4.74 Å². The smallest absolute Gasteiger partial charge is 0.408 e. The van der Waals surface area contributed by atoms with E-state index in [4.69, 9.17) is 11.6 Å². The predicted molar refractivity (Wildman–Crippen MR) is 41.0 cm³/mol. The highest BCUT2D eigenvalue weighted by Crippen LogP contribution is 1.96. The third kappa shape index (κ3) is 7.50. The first-order chi connectivity index (χ1) is 4.77. The third-order valence-electron chi connectivity index (χ3n) is 0.981. The fourth-order valence-electron chi connectivity index (χ4n) is 0.492. The lowest BCUT2D eigenvalue weighted by Crippen LogP contribution is -1.81. The summed E-state index contributed by atoms with van der Waals surface area (Å²) >= 11 is 4.88.